The number of amides is 1. The lowest BCUT2D eigenvalue weighted by Gasteiger charge is -2.16. The minimum atomic E-state index is 0. The van der Waals surface area contributed by atoms with Crippen LogP contribution in [0.25, 0.3) is 0 Å². The average molecular weight is 302 g/mol. The molecular weight excluding hydrogens is 281 g/mol. The fraction of sp³-hybridized carbons (Fsp3) is 0.900. The maximum atomic E-state index is 11.6. The van der Waals surface area contributed by atoms with Crippen LogP contribution in [-0.4, -0.2) is 54.7 Å². The van der Waals surface area contributed by atoms with E-state index in [2.05, 4.69) is 22.6 Å². The van der Waals surface area contributed by atoms with Crippen molar-refractivity contribution in [2.45, 2.75) is 24.9 Å². The van der Waals surface area contributed by atoms with Crippen molar-refractivity contribution in [3.8, 4) is 0 Å². The molecule has 1 heterocycles. The van der Waals surface area contributed by atoms with Gasteiger partial charge in [-0.2, -0.15) is 0 Å². The summed E-state index contributed by atoms with van der Waals surface area (Å²) in [4.78, 5) is 13.9. The molecule has 0 radical (unpaired) electrons. The highest BCUT2D eigenvalue weighted by Crippen LogP contribution is 2.24. The molecule has 0 aromatic carbocycles. The van der Waals surface area contributed by atoms with E-state index in [-0.39, 0.29) is 36.8 Å². The molecule has 17 heavy (non-hydrogen) atoms. The lowest BCUT2D eigenvalue weighted by Crippen LogP contribution is -2.44. The summed E-state index contributed by atoms with van der Waals surface area (Å²) in [6, 6.07) is 0.809. The predicted octanol–water partition coefficient (Wildman–Crippen LogP) is 0.703. The second-order valence-electron chi connectivity index (χ2n) is 4.27. The Balaban J connectivity index is 0.00000128. The second kappa shape index (κ2) is 8.43. The number of hydrogen-bond donors (Lipinski definition) is 2. The first kappa shape index (κ1) is 17.3. The lowest BCUT2D eigenvalue weighted by molar-refractivity contribution is -0.122. The van der Waals surface area contributed by atoms with Gasteiger partial charge in [-0.3, -0.25) is 10.1 Å². The number of likely N-dealkylation sites (N-methyl/N-ethyl adjacent to an activating group) is 1. The highest BCUT2D eigenvalue weighted by Gasteiger charge is 2.26. The van der Waals surface area contributed by atoms with Crippen molar-refractivity contribution >= 4 is 42.5 Å². The van der Waals surface area contributed by atoms with Crippen LogP contribution in [0.3, 0.4) is 0 Å². The van der Waals surface area contributed by atoms with Gasteiger partial charge in [-0.15, -0.1) is 36.6 Å². The highest BCUT2D eigenvalue weighted by molar-refractivity contribution is 7.99. The number of nitrogens with one attached hydrogen (secondary N) is 2. The van der Waals surface area contributed by atoms with Gasteiger partial charge in [0.2, 0.25) is 5.91 Å². The standard InChI is InChI=1S/C10H19N3OS.2ClH/c1-13(8-2-3-8)5-4-11-10(14)9-6-15-7-12-9;;/h8-9,12H,2-7H2,1H3,(H,11,14);2*1H. The summed E-state index contributed by atoms with van der Waals surface area (Å²) in [5.41, 5.74) is 0. The Morgan fingerprint density at radius 1 is 1.47 bits per heavy atom. The van der Waals surface area contributed by atoms with Crippen LogP contribution in [-0.2, 0) is 4.79 Å². The van der Waals surface area contributed by atoms with Gasteiger partial charge in [-0.1, -0.05) is 0 Å². The molecule has 4 nitrogen and oxygen atoms in total. The van der Waals surface area contributed by atoms with Crippen molar-refractivity contribution in [2.24, 2.45) is 0 Å². The summed E-state index contributed by atoms with van der Waals surface area (Å²) in [6.45, 7) is 1.74. The molecule has 1 unspecified atom stereocenters. The van der Waals surface area contributed by atoms with Crippen molar-refractivity contribution < 1.29 is 4.79 Å². The van der Waals surface area contributed by atoms with Gasteiger partial charge >= 0.3 is 0 Å². The number of nitrogens with zero attached hydrogens (tertiary/aromatic N) is 1. The fourth-order valence-corrected chi connectivity index (χ4v) is 2.68. The molecule has 2 aliphatic rings. The van der Waals surface area contributed by atoms with Crippen LogP contribution in [0.1, 0.15) is 12.8 Å². The minimum absolute atomic E-state index is 0. The number of carbonyl (C=O) groups excluding carboxylic acids is 1. The molecule has 1 aliphatic heterocycles. The van der Waals surface area contributed by atoms with Crippen molar-refractivity contribution in [3.63, 3.8) is 0 Å². The normalized spacial score (nSPS) is 22.8. The van der Waals surface area contributed by atoms with Gasteiger partial charge in [0.05, 0.1) is 6.04 Å². The molecule has 7 heteroatoms. The van der Waals surface area contributed by atoms with E-state index in [0.717, 1.165) is 30.8 Å². The first-order valence-electron chi connectivity index (χ1n) is 5.56. The molecule has 1 aliphatic carbocycles. The molecule has 0 aromatic rings. The van der Waals surface area contributed by atoms with E-state index in [1.807, 2.05) is 0 Å². The van der Waals surface area contributed by atoms with Crippen LogP contribution >= 0.6 is 36.6 Å². The molecule has 1 saturated heterocycles. The van der Waals surface area contributed by atoms with Crippen LogP contribution < -0.4 is 10.6 Å². The predicted molar refractivity (Wildman–Crippen MR) is 77.4 cm³/mol. The van der Waals surface area contributed by atoms with Gasteiger partial charge in [0.15, 0.2) is 0 Å². The topological polar surface area (TPSA) is 44.4 Å². The van der Waals surface area contributed by atoms with Crippen molar-refractivity contribution in [2.75, 3.05) is 31.8 Å². The van der Waals surface area contributed by atoms with Gasteiger partial charge in [0, 0.05) is 30.8 Å². The molecule has 0 aromatic heterocycles. The number of thioether (sulfide) groups is 1. The van der Waals surface area contributed by atoms with Gasteiger partial charge in [0.1, 0.15) is 0 Å². The molecule has 1 saturated carbocycles. The Kier molecular flexibility index (Phi) is 8.59. The Hall–Kier alpha value is 0.320. The molecule has 1 atom stereocenters. The Morgan fingerprint density at radius 3 is 2.71 bits per heavy atom. The summed E-state index contributed by atoms with van der Waals surface area (Å²) >= 11 is 1.78. The highest BCUT2D eigenvalue weighted by atomic mass is 35.5. The molecule has 2 rings (SSSR count). The third-order valence-electron chi connectivity index (χ3n) is 2.97. The van der Waals surface area contributed by atoms with E-state index >= 15 is 0 Å². The monoisotopic (exact) mass is 301 g/mol. The van der Waals surface area contributed by atoms with Crippen molar-refractivity contribution in [3.05, 3.63) is 0 Å². The maximum absolute atomic E-state index is 11.6. The molecule has 2 fully saturated rings. The quantitative estimate of drug-likeness (QED) is 0.785. The van der Waals surface area contributed by atoms with Crippen molar-refractivity contribution in [1.29, 1.82) is 0 Å². The van der Waals surface area contributed by atoms with Gasteiger partial charge in [-0.05, 0) is 19.9 Å². The Morgan fingerprint density at radius 2 is 2.18 bits per heavy atom. The smallest absolute Gasteiger partial charge is 0.238 e. The van der Waals surface area contributed by atoms with E-state index < -0.39 is 0 Å². The summed E-state index contributed by atoms with van der Waals surface area (Å²) in [7, 11) is 2.13. The first-order valence-corrected chi connectivity index (χ1v) is 6.72. The summed E-state index contributed by atoms with van der Waals surface area (Å²) < 4.78 is 0. The van der Waals surface area contributed by atoms with Crippen LogP contribution in [0.5, 0.6) is 0 Å². The first-order chi connectivity index (χ1) is 7.27. The number of rotatable bonds is 5. The van der Waals surface area contributed by atoms with Crippen LogP contribution in [0.2, 0.25) is 0 Å². The SMILES string of the molecule is CN(CCNC(=O)C1CSCN1)C1CC1.Cl.Cl. The maximum Gasteiger partial charge on any atom is 0.238 e. The summed E-state index contributed by atoms with van der Waals surface area (Å²) in [6.07, 6.45) is 2.65. The van der Waals surface area contributed by atoms with Crippen LogP contribution in [0.15, 0.2) is 0 Å². The Labute approximate surface area is 119 Å². The zero-order valence-electron chi connectivity index (χ0n) is 9.98. The van der Waals surface area contributed by atoms with E-state index in [1.165, 1.54) is 12.8 Å². The third-order valence-corrected chi connectivity index (χ3v) is 3.91. The summed E-state index contributed by atoms with van der Waals surface area (Å²) in [5.74, 6) is 1.97. The zero-order chi connectivity index (χ0) is 10.7. The summed E-state index contributed by atoms with van der Waals surface area (Å²) in [5, 5.41) is 6.15. The molecule has 2 N–H and O–H groups in total. The van der Waals surface area contributed by atoms with Gasteiger partial charge < -0.3 is 10.2 Å². The van der Waals surface area contributed by atoms with E-state index in [0.29, 0.717) is 0 Å². The molecule has 102 valence electrons. The van der Waals surface area contributed by atoms with Crippen molar-refractivity contribution in [1.82, 2.24) is 15.5 Å². The van der Waals surface area contributed by atoms with Crippen LogP contribution in [0, 0.1) is 0 Å². The van der Waals surface area contributed by atoms with E-state index in [1.54, 1.807) is 11.8 Å². The lowest BCUT2D eigenvalue weighted by atomic mass is 10.3. The third kappa shape index (κ3) is 5.66. The van der Waals surface area contributed by atoms with E-state index in [9.17, 15) is 4.79 Å². The average Bonchev–Trinajstić information content (AvgIpc) is 2.93. The molecule has 0 spiro atoms. The number of halogens is 2. The Bertz CT molecular complexity index is 236. The van der Waals surface area contributed by atoms with E-state index in [4.69, 9.17) is 0 Å². The molecule has 1 amide bonds. The van der Waals surface area contributed by atoms with Crippen LogP contribution in [0.4, 0.5) is 0 Å². The number of carbonyl (C=O) groups is 1. The minimum Gasteiger partial charge on any atom is -0.353 e. The zero-order valence-corrected chi connectivity index (χ0v) is 12.4. The fourth-order valence-electron chi connectivity index (χ4n) is 1.74. The van der Waals surface area contributed by atoms with Gasteiger partial charge in [0.25, 0.3) is 0 Å². The largest absolute Gasteiger partial charge is 0.353 e. The molecule has 0 bridgehead atoms. The number of hydrogen-bond acceptors (Lipinski definition) is 4. The molecular formula is C10H21Cl2N3OS. The second-order valence-corrected chi connectivity index (χ2v) is 5.30. The van der Waals surface area contributed by atoms with Gasteiger partial charge in [-0.25, -0.2) is 0 Å².